The van der Waals surface area contributed by atoms with Gasteiger partial charge in [0.2, 0.25) is 0 Å². The Balaban J connectivity index is 4.52. The van der Waals surface area contributed by atoms with Crippen LogP contribution < -0.4 is 5.32 Å². The molecule has 0 saturated heterocycles. The molecule has 0 radical (unpaired) electrons. The van der Waals surface area contributed by atoms with Crippen LogP contribution in [0.4, 0.5) is 4.79 Å². The van der Waals surface area contributed by atoms with Gasteiger partial charge in [-0.3, -0.25) is 0 Å². The van der Waals surface area contributed by atoms with Crippen LogP contribution in [0.5, 0.6) is 0 Å². The van der Waals surface area contributed by atoms with Crippen molar-refractivity contribution in [2.45, 2.75) is 57.9 Å². The van der Waals surface area contributed by atoms with Crippen molar-refractivity contribution in [2.75, 3.05) is 12.9 Å². The standard InChI is InChI=1S/C13H25NO4S/c1-12(2,3)18-11(16)14-9(10(15)17-7)8-19-13(4,5)6/h9H,8H2,1-7H3,(H,14,16). The van der Waals surface area contributed by atoms with Gasteiger partial charge in [0.25, 0.3) is 0 Å². The topological polar surface area (TPSA) is 64.6 Å². The molecule has 19 heavy (non-hydrogen) atoms. The van der Waals surface area contributed by atoms with E-state index < -0.39 is 23.7 Å². The third-order valence-corrected chi connectivity index (χ3v) is 3.23. The van der Waals surface area contributed by atoms with Crippen LogP contribution in [0, 0.1) is 0 Å². The van der Waals surface area contributed by atoms with Gasteiger partial charge in [-0.2, -0.15) is 11.8 Å². The molecule has 0 heterocycles. The fourth-order valence-electron chi connectivity index (χ4n) is 1.09. The highest BCUT2D eigenvalue weighted by molar-refractivity contribution is 8.00. The van der Waals surface area contributed by atoms with E-state index in [1.807, 2.05) is 20.8 Å². The van der Waals surface area contributed by atoms with E-state index in [1.165, 1.54) is 7.11 Å². The van der Waals surface area contributed by atoms with Crippen molar-refractivity contribution in [3.05, 3.63) is 0 Å². The molecule has 112 valence electrons. The summed E-state index contributed by atoms with van der Waals surface area (Å²) in [5, 5.41) is 2.54. The summed E-state index contributed by atoms with van der Waals surface area (Å²) in [6, 6.07) is -0.705. The Morgan fingerprint density at radius 3 is 2.05 bits per heavy atom. The molecule has 0 fully saturated rings. The highest BCUT2D eigenvalue weighted by Crippen LogP contribution is 2.24. The zero-order valence-electron chi connectivity index (χ0n) is 12.8. The predicted molar refractivity (Wildman–Crippen MR) is 77.4 cm³/mol. The van der Waals surface area contributed by atoms with E-state index in [2.05, 4.69) is 10.1 Å². The number of thioether (sulfide) groups is 1. The summed E-state index contributed by atoms with van der Waals surface area (Å²) in [5.74, 6) is -0.0299. The first-order valence-corrected chi connectivity index (χ1v) is 7.14. The van der Waals surface area contributed by atoms with Crippen molar-refractivity contribution >= 4 is 23.8 Å². The Bertz CT molecular complexity index is 318. The lowest BCUT2D eigenvalue weighted by molar-refractivity contribution is -0.142. The Kier molecular flexibility index (Phi) is 6.69. The molecule has 1 N–H and O–H groups in total. The van der Waals surface area contributed by atoms with Gasteiger partial charge in [-0.1, -0.05) is 20.8 Å². The molecule has 0 aromatic heterocycles. The van der Waals surface area contributed by atoms with Gasteiger partial charge in [0.15, 0.2) is 0 Å². The molecule has 1 unspecified atom stereocenters. The minimum atomic E-state index is -0.705. The highest BCUT2D eigenvalue weighted by atomic mass is 32.2. The zero-order chi connectivity index (χ0) is 15.3. The van der Waals surface area contributed by atoms with Crippen LogP contribution in [-0.2, 0) is 14.3 Å². The number of carbonyl (C=O) groups excluding carboxylic acids is 2. The van der Waals surface area contributed by atoms with Gasteiger partial charge >= 0.3 is 12.1 Å². The third kappa shape index (κ3) is 9.64. The molecule has 1 atom stereocenters. The highest BCUT2D eigenvalue weighted by Gasteiger charge is 2.26. The molecule has 5 nitrogen and oxygen atoms in total. The largest absolute Gasteiger partial charge is 0.467 e. The van der Waals surface area contributed by atoms with Gasteiger partial charge in [0.1, 0.15) is 11.6 Å². The lowest BCUT2D eigenvalue weighted by atomic mass is 10.2. The Hall–Kier alpha value is -0.910. The van der Waals surface area contributed by atoms with E-state index in [4.69, 9.17) is 4.74 Å². The summed E-state index contributed by atoms with van der Waals surface area (Å²) in [6.45, 7) is 11.4. The lowest BCUT2D eigenvalue weighted by Gasteiger charge is -2.24. The summed E-state index contributed by atoms with van der Waals surface area (Å²) >= 11 is 1.57. The van der Waals surface area contributed by atoms with Gasteiger partial charge in [0.05, 0.1) is 7.11 Å². The molecule has 0 spiro atoms. The third-order valence-electron chi connectivity index (χ3n) is 1.86. The fourth-order valence-corrected chi connectivity index (χ4v) is 1.98. The molecule has 0 aromatic carbocycles. The fraction of sp³-hybridized carbons (Fsp3) is 0.846. The van der Waals surface area contributed by atoms with Gasteiger partial charge in [-0.25, -0.2) is 9.59 Å². The average Bonchev–Trinajstić information content (AvgIpc) is 2.19. The zero-order valence-corrected chi connectivity index (χ0v) is 13.6. The molecule has 1 amide bonds. The van der Waals surface area contributed by atoms with Gasteiger partial charge < -0.3 is 14.8 Å². The molecular formula is C13H25NO4S. The summed E-state index contributed by atoms with van der Waals surface area (Å²) in [7, 11) is 1.30. The lowest BCUT2D eigenvalue weighted by Crippen LogP contribution is -2.46. The Morgan fingerprint density at radius 2 is 1.68 bits per heavy atom. The van der Waals surface area contributed by atoms with Crippen molar-refractivity contribution < 1.29 is 19.1 Å². The Labute approximate surface area is 119 Å². The van der Waals surface area contributed by atoms with Gasteiger partial charge in [-0.05, 0) is 20.8 Å². The molecule has 0 aliphatic carbocycles. The molecule has 6 heteroatoms. The number of hydrogen-bond donors (Lipinski definition) is 1. The van der Waals surface area contributed by atoms with Crippen LogP contribution in [0.1, 0.15) is 41.5 Å². The smallest absolute Gasteiger partial charge is 0.408 e. The summed E-state index contributed by atoms with van der Waals surface area (Å²) < 4.78 is 9.82. The molecule has 0 bridgehead atoms. The first kappa shape index (κ1) is 18.1. The second-order valence-corrected chi connectivity index (χ2v) is 7.99. The van der Waals surface area contributed by atoms with Crippen molar-refractivity contribution in [1.82, 2.24) is 5.32 Å². The van der Waals surface area contributed by atoms with Crippen LogP contribution >= 0.6 is 11.8 Å². The van der Waals surface area contributed by atoms with E-state index in [-0.39, 0.29) is 4.75 Å². The first-order valence-electron chi connectivity index (χ1n) is 6.16. The van der Waals surface area contributed by atoms with E-state index in [0.29, 0.717) is 5.75 Å². The number of alkyl carbamates (subject to hydrolysis) is 1. The summed E-state index contributed by atoms with van der Waals surface area (Å²) in [6.07, 6.45) is -0.614. The quantitative estimate of drug-likeness (QED) is 0.807. The molecule has 0 saturated carbocycles. The number of amides is 1. The molecule has 0 aliphatic rings. The maximum Gasteiger partial charge on any atom is 0.408 e. The van der Waals surface area contributed by atoms with Crippen molar-refractivity contribution in [1.29, 1.82) is 0 Å². The van der Waals surface area contributed by atoms with Crippen LogP contribution in [-0.4, -0.2) is 41.3 Å². The Morgan fingerprint density at radius 1 is 1.16 bits per heavy atom. The van der Waals surface area contributed by atoms with E-state index in [9.17, 15) is 9.59 Å². The van der Waals surface area contributed by atoms with Crippen molar-refractivity contribution in [3.63, 3.8) is 0 Å². The first-order chi connectivity index (χ1) is 8.44. The second-order valence-electron chi connectivity index (χ2n) is 6.15. The normalized spacial score (nSPS) is 13.6. The number of ether oxygens (including phenoxy) is 2. The van der Waals surface area contributed by atoms with Gasteiger partial charge in [0, 0.05) is 10.5 Å². The molecular weight excluding hydrogens is 266 g/mol. The second kappa shape index (κ2) is 7.03. The van der Waals surface area contributed by atoms with E-state index in [0.717, 1.165) is 0 Å². The van der Waals surface area contributed by atoms with Crippen LogP contribution in [0.2, 0.25) is 0 Å². The molecule has 0 aromatic rings. The summed E-state index contributed by atoms with van der Waals surface area (Å²) in [4.78, 5) is 23.3. The van der Waals surface area contributed by atoms with Crippen LogP contribution in [0.3, 0.4) is 0 Å². The van der Waals surface area contributed by atoms with Crippen LogP contribution in [0.15, 0.2) is 0 Å². The number of rotatable bonds is 4. The van der Waals surface area contributed by atoms with E-state index in [1.54, 1.807) is 32.5 Å². The number of nitrogens with one attached hydrogen (secondary N) is 1. The van der Waals surface area contributed by atoms with E-state index >= 15 is 0 Å². The number of esters is 1. The maximum absolute atomic E-state index is 11.7. The minimum absolute atomic E-state index is 0.00187. The van der Waals surface area contributed by atoms with Crippen molar-refractivity contribution in [3.8, 4) is 0 Å². The van der Waals surface area contributed by atoms with Gasteiger partial charge in [-0.15, -0.1) is 0 Å². The monoisotopic (exact) mass is 291 g/mol. The molecule has 0 rings (SSSR count). The number of carbonyl (C=O) groups is 2. The molecule has 0 aliphatic heterocycles. The van der Waals surface area contributed by atoms with Crippen LogP contribution in [0.25, 0.3) is 0 Å². The maximum atomic E-state index is 11.7. The van der Waals surface area contributed by atoms with Crippen molar-refractivity contribution in [2.24, 2.45) is 0 Å². The predicted octanol–water partition coefficient (Wildman–Crippen LogP) is 2.58. The SMILES string of the molecule is COC(=O)C(CSC(C)(C)C)NC(=O)OC(C)(C)C. The summed E-state index contributed by atoms with van der Waals surface area (Å²) in [5.41, 5.74) is -0.595. The number of methoxy groups -OCH3 is 1. The average molecular weight is 291 g/mol. The number of hydrogen-bond acceptors (Lipinski definition) is 5. The minimum Gasteiger partial charge on any atom is -0.467 e.